The van der Waals surface area contributed by atoms with Gasteiger partial charge in [-0.05, 0) is 34.8 Å². The van der Waals surface area contributed by atoms with Crippen molar-refractivity contribution in [3.8, 4) is 17.2 Å². The lowest BCUT2D eigenvalue weighted by Crippen LogP contribution is -2.17. The van der Waals surface area contributed by atoms with Crippen molar-refractivity contribution in [2.45, 2.75) is 18.4 Å². The molecule has 3 rings (SSSR count). The van der Waals surface area contributed by atoms with Crippen molar-refractivity contribution < 1.29 is 19.3 Å². The summed E-state index contributed by atoms with van der Waals surface area (Å²) in [5.41, 5.74) is 0.0140. The maximum Gasteiger partial charge on any atom is 0.179 e. The largest absolute Gasteiger partial charge is 0.495 e. The first-order valence-corrected chi connectivity index (χ1v) is 6.34. The lowest BCUT2D eigenvalue weighted by molar-refractivity contribution is 0.142. The van der Waals surface area contributed by atoms with Crippen LogP contribution in [0.1, 0.15) is 18.4 Å². The van der Waals surface area contributed by atoms with E-state index in [1.165, 1.54) is 0 Å². The van der Waals surface area contributed by atoms with Crippen LogP contribution in [0.3, 0.4) is 0 Å². The van der Waals surface area contributed by atoms with Crippen molar-refractivity contribution in [2.24, 2.45) is 0 Å². The fraction of sp³-hybridized carbons (Fsp3) is 0.500. The third kappa shape index (κ3) is 1.68. The first-order valence-electron chi connectivity index (χ1n) is 5.55. The molecular weight excluding hydrogens is 288 g/mol. The minimum Gasteiger partial charge on any atom is -0.495 e. The molecule has 0 radical (unpaired) electrons. The maximum atomic E-state index is 10.2. The Balaban J connectivity index is 2.18. The molecule has 0 atom stereocenters. The van der Waals surface area contributed by atoms with Crippen molar-refractivity contribution in [3.05, 3.63) is 16.1 Å². The zero-order valence-corrected chi connectivity index (χ0v) is 11.0. The third-order valence-corrected chi connectivity index (χ3v) is 3.88. The molecule has 0 aromatic heterocycles. The summed E-state index contributed by atoms with van der Waals surface area (Å²) in [5.74, 6) is 1.95. The molecule has 0 amide bonds. The van der Waals surface area contributed by atoms with Gasteiger partial charge in [-0.2, -0.15) is 0 Å². The van der Waals surface area contributed by atoms with E-state index < -0.39 is 5.60 Å². The number of ether oxygens (including phenoxy) is 3. The quantitative estimate of drug-likeness (QED) is 0.910. The molecule has 4 nitrogen and oxygen atoms in total. The first kappa shape index (κ1) is 11.2. The van der Waals surface area contributed by atoms with Gasteiger partial charge in [0.15, 0.2) is 11.5 Å². The highest BCUT2D eigenvalue weighted by Crippen LogP contribution is 2.55. The van der Waals surface area contributed by atoms with Crippen LogP contribution in [0.5, 0.6) is 17.2 Å². The van der Waals surface area contributed by atoms with E-state index in [9.17, 15) is 5.11 Å². The van der Waals surface area contributed by atoms with Gasteiger partial charge in [-0.3, -0.25) is 0 Å². The molecule has 1 aliphatic carbocycles. The second-order valence-corrected chi connectivity index (χ2v) is 5.12. The van der Waals surface area contributed by atoms with Gasteiger partial charge in [0.2, 0.25) is 0 Å². The van der Waals surface area contributed by atoms with Crippen molar-refractivity contribution in [3.63, 3.8) is 0 Å². The highest BCUT2D eigenvalue weighted by Gasteiger charge is 2.46. The number of halogens is 1. The molecule has 1 N–H and O–H groups in total. The topological polar surface area (TPSA) is 47.9 Å². The van der Waals surface area contributed by atoms with Gasteiger partial charge in [-0.15, -0.1) is 0 Å². The molecule has 0 unspecified atom stereocenters. The number of hydrogen-bond donors (Lipinski definition) is 1. The maximum absolute atomic E-state index is 10.2. The fourth-order valence-corrected chi connectivity index (χ4v) is 2.75. The molecule has 2 aliphatic rings. The predicted molar refractivity (Wildman–Crippen MR) is 64.8 cm³/mol. The summed E-state index contributed by atoms with van der Waals surface area (Å²) in [7, 11) is 1.59. The molecule has 0 bridgehead atoms. The van der Waals surface area contributed by atoms with Gasteiger partial charge < -0.3 is 19.3 Å². The monoisotopic (exact) mass is 300 g/mol. The Kier molecular flexibility index (Phi) is 2.48. The van der Waals surface area contributed by atoms with Crippen LogP contribution in [0, 0.1) is 0 Å². The molecule has 17 heavy (non-hydrogen) atoms. The second kappa shape index (κ2) is 3.78. The van der Waals surface area contributed by atoms with E-state index in [-0.39, 0.29) is 0 Å². The summed E-state index contributed by atoms with van der Waals surface area (Å²) in [6.07, 6.45) is 1.52. The molecule has 1 aromatic carbocycles. The van der Waals surface area contributed by atoms with Crippen molar-refractivity contribution in [1.82, 2.24) is 0 Å². The van der Waals surface area contributed by atoms with Crippen molar-refractivity contribution >= 4 is 15.9 Å². The Morgan fingerprint density at radius 3 is 2.71 bits per heavy atom. The normalized spacial score (nSPS) is 19.9. The van der Waals surface area contributed by atoms with Gasteiger partial charge in [0.1, 0.15) is 23.4 Å². The number of fused-ring (bicyclic) bond motifs is 1. The smallest absolute Gasteiger partial charge is 0.179 e. The number of hydrogen-bond acceptors (Lipinski definition) is 4. The van der Waals surface area contributed by atoms with E-state index in [4.69, 9.17) is 14.2 Å². The lowest BCUT2D eigenvalue weighted by Gasteiger charge is -2.24. The molecule has 1 heterocycles. The third-order valence-electron chi connectivity index (χ3n) is 3.16. The number of benzene rings is 1. The van der Waals surface area contributed by atoms with Crippen molar-refractivity contribution in [2.75, 3.05) is 20.3 Å². The van der Waals surface area contributed by atoms with Crippen LogP contribution in [0.2, 0.25) is 0 Å². The van der Waals surface area contributed by atoms with Gasteiger partial charge in [-0.1, -0.05) is 0 Å². The Bertz CT molecular complexity index is 468. The first-order chi connectivity index (χ1) is 8.15. The Morgan fingerprint density at radius 2 is 2.06 bits per heavy atom. The van der Waals surface area contributed by atoms with E-state index in [1.54, 1.807) is 7.11 Å². The Hall–Kier alpha value is -0.940. The number of methoxy groups -OCH3 is 1. The van der Waals surface area contributed by atoms with Gasteiger partial charge in [0.25, 0.3) is 0 Å². The summed E-state index contributed by atoms with van der Waals surface area (Å²) >= 11 is 3.46. The SMILES string of the molecule is COc1c(C2(O)CC2)cc2c(c1Br)OCCO2. The molecule has 5 heteroatoms. The minimum absolute atomic E-state index is 0.526. The highest BCUT2D eigenvalue weighted by molar-refractivity contribution is 9.10. The fourth-order valence-electron chi connectivity index (χ4n) is 2.06. The van der Waals surface area contributed by atoms with Gasteiger partial charge in [0.05, 0.1) is 12.7 Å². The van der Waals surface area contributed by atoms with Crippen LogP contribution in [-0.2, 0) is 5.60 Å². The van der Waals surface area contributed by atoms with E-state index in [0.717, 1.165) is 18.4 Å². The average Bonchev–Trinajstić information content (AvgIpc) is 3.08. The average molecular weight is 301 g/mol. The van der Waals surface area contributed by atoms with Crippen LogP contribution in [0.4, 0.5) is 0 Å². The molecular formula is C12H13BrO4. The lowest BCUT2D eigenvalue weighted by atomic mass is 10.1. The summed E-state index contributed by atoms with van der Waals surface area (Å²) in [6, 6.07) is 1.82. The number of rotatable bonds is 2. The van der Waals surface area contributed by atoms with Crippen LogP contribution in [0.15, 0.2) is 10.5 Å². The molecule has 1 aromatic rings. The van der Waals surface area contributed by atoms with E-state index in [1.807, 2.05) is 6.07 Å². The number of aliphatic hydroxyl groups is 1. The van der Waals surface area contributed by atoms with E-state index in [0.29, 0.717) is 34.9 Å². The predicted octanol–water partition coefficient (Wildman–Crippen LogP) is 2.21. The summed E-state index contributed by atoms with van der Waals surface area (Å²) < 4.78 is 17.2. The van der Waals surface area contributed by atoms with E-state index >= 15 is 0 Å². The summed E-state index contributed by atoms with van der Waals surface area (Å²) in [5, 5.41) is 10.2. The Labute approximate surface area is 108 Å². The molecule has 1 aliphatic heterocycles. The van der Waals surface area contributed by atoms with Gasteiger partial charge >= 0.3 is 0 Å². The van der Waals surface area contributed by atoms with E-state index in [2.05, 4.69) is 15.9 Å². The van der Waals surface area contributed by atoms with Gasteiger partial charge in [-0.25, -0.2) is 0 Å². The van der Waals surface area contributed by atoms with Crippen LogP contribution in [-0.4, -0.2) is 25.4 Å². The minimum atomic E-state index is -0.760. The zero-order chi connectivity index (χ0) is 12.0. The van der Waals surface area contributed by atoms with Crippen LogP contribution < -0.4 is 14.2 Å². The molecule has 0 saturated heterocycles. The zero-order valence-electron chi connectivity index (χ0n) is 9.46. The Morgan fingerprint density at radius 1 is 1.35 bits per heavy atom. The van der Waals surface area contributed by atoms with Crippen LogP contribution >= 0.6 is 15.9 Å². The molecule has 1 saturated carbocycles. The standard InChI is InChI=1S/C12H13BrO4/c1-15-10-7(12(14)2-3-12)6-8-11(9(10)13)17-5-4-16-8/h6,14H,2-5H2,1H3. The summed E-state index contributed by atoms with van der Waals surface area (Å²) in [4.78, 5) is 0. The molecule has 1 fully saturated rings. The molecule has 0 spiro atoms. The van der Waals surface area contributed by atoms with Crippen LogP contribution in [0.25, 0.3) is 0 Å². The molecule has 92 valence electrons. The van der Waals surface area contributed by atoms with Gasteiger partial charge in [0, 0.05) is 5.56 Å². The highest BCUT2D eigenvalue weighted by atomic mass is 79.9. The second-order valence-electron chi connectivity index (χ2n) is 4.33. The summed E-state index contributed by atoms with van der Waals surface area (Å²) in [6.45, 7) is 1.06. The van der Waals surface area contributed by atoms with Crippen molar-refractivity contribution in [1.29, 1.82) is 0 Å².